The van der Waals surface area contributed by atoms with E-state index in [1.165, 1.54) is 0 Å². The Bertz CT molecular complexity index is 328. The molecule has 0 aromatic carbocycles. The molecule has 2 aliphatic rings. The van der Waals surface area contributed by atoms with E-state index in [1.54, 1.807) is 0 Å². The van der Waals surface area contributed by atoms with Gasteiger partial charge in [-0.3, -0.25) is 0 Å². The second-order valence-corrected chi connectivity index (χ2v) is 2.63. The maximum absolute atomic E-state index is 13.4. The molecule has 0 aliphatic carbocycles. The lowest BCUT2D eigenvalue weighted by Gasteiger charge is -2.36. The van der Waals surface area contributed by atoms with Gasteiger partial charge in [-0.1, -0.05) is 4.48 Å². The number of aliphatic imine (C=N–C) groups is 1. The van der Waals surface area contributed by atoms with Crippen LogP contribution in [0, 0.1) is 0 Å². The smallest absolute Gasteiger partial charge is 0.343 e. The first-order chi connectivity index (χ1) is 6.39. The fourth-order valence-electron chi connectivity index (χ4n) is 1.08. The van der Waals surface area contributed by atoms with Crippen molar-refractivity contribution in [2.45, 2.75) is 12.1 Å². The van der Waals surface area contributed by atoms with Crippen LogP contribution in [-0.4, -0.2) is 28.7 Å². The molecule has 78 valence electrons. The fraction of sp³-hybridized carbons (Fsp3) is 0.400. The molecule has 1 N–H and O–H groups in total. The van der Waals surface area contributed by atoms with Gasteiger partial charge in [0.15, 0.2) is 0 Å². The van der Waals surface area contributed by atoms with Gasteiger partial charge in [0.1, 0.15) is 5.70 Å². The molecule has 2 aliphatic heterocycles. The summed E-state index contributed by atoms with van der Waals surface area (Å²) in [6.45, 7) is 0. The summed E-state index contributed by atoms with van der Waals surface area (Å²) in [6, 6.07) is 0. The highest BCUT2D eigenvalue weighted by Gasteiger charge is 2.63. The highest BCUT2D eigenvalue weighted by molar-refractivity contribution is 5.63. The number of hydrogen-bond acceptors (Lipinski definition) is 4. The zero-order chi connectivity index (χ0) is 10.6. The third-order valence-electron chi connectivity index (χ3n) is 1.79. The van der Waals surface area contributed by atoms with Crippen molar-refractivity contribution in [2.24, 2.45) is 4.99 Å². The van der Waals surface area contributed by atoms with Crippen molar-refractivity contribution >= 4 is 6.34 Å². The lowest BCUT2D eigenvalue weighted by atomic mass is 10.3. The van der Waals surface area contributed by atoms with E-state index in [0.717, 1.165) is 0 Å². The van der Waals surface area contributed by atoms with Gasteiger partial charge in [-0.15, -0.1) is 9.60 Å². The molecule has 4 nitrogen and oxygen atoms in total. The molecular weight excluding hydrogens is 211 g/mol. The van der Waals surface area contributed by atoms with E-state index in [9.17, 15) is 22.1 Å². The van der Waals surface area contributed by atoms with Crippen molar-refractivity contribution in [3.05, 3.63) is 11.9 Å². The average molecular weight is 214 g/mol. The predicted octanol–water partition coefficient (Wildman–Crippen LogP) is 1.02. The summed E-state index contributed by atoms with van der Waals surface area (Å²) in [6.07, 6.45) is -3.96. The van der Waals surface area contributed by atoms with Crippen LogP contribution in [0.5, 0.6) is 0 Å². The van der Waals surface area contributed by atoms with Crippen LogP contribution in [0.3, 0.4) is 0 Å². The Balaban J connectivity index is 2.50. The van der Waals surface area contributed by atoms with E-state index in [0.29, 0.717) is 6.34 Å². The number of halogens is 5. The Morgan fingerprint density at radius 3 is 2.57 bits per heavy atom. The minimum Gasteiger partial charge on any atom is -0.343 e. The maximum atomic E-state index is 13.4. The summed E-state index contributed by atoms with van der Waals surface area (Å²) in [5.41, 5.74) is -0.756. The van der Waals surface area contributed by atoms with Crippen molar-refractivity contribution < 1.29 is 22.1 Å². The molecule has 0 saturated carbocycles. The van der Waals surface area contributed by atoms with E-state index in [1.807, 2.05) is 5.32 Å². The summed E-state index contributed by atoms with van der Waals surface area (Å²) in [5, 5.41) is -0.858. The molecular formula is C5H3F5N4. The minimum atomic E-state index is -4.72. The second kappa shape index (κ2) is 2.35. The second-order valence-electron chi connectivity index (χ2n) is 2.63. The normalized spacial score (nSPS) is 35.2. The molecule has 14 heavy (non-hydrogen) atoms. The van der Waals surface area contributed by atoms with Crippen molar-refractivity contribution in [3.8, 4) is 0 Å². The Morgan fingerprint density at radius 2 is 1.93 bits per heavy atom. The Labute approximate surface area is 74.2 Å². The fourth-order valence-corrected chi connectivity index (χ4v) is 1.08. The van der Waals surface area contributed by atoms with Crippen LogP contribution in [0.1, 0.15) is 0 Å². The number of alkyl halides is 3. The van der Waals surface area contributed by atoms with E-state index in [-0.39, 0.29) is 6.20 Å². The summed E-state index contributed by atoms with van der Waals surface area (Å²) in [5.74, 6) is -3.38. The van der Waals surface area contributed by atoms with Crippen molar-refractivity contribution in [3.63, 3.8) is 0 Å². The SMILES string of the molecule is FN1C=C2NC=NC2(F)N(F)C1(F)F. The molecule has 2 heterocycles. The van der Waals surface area contributed by atoms with Gasteiger partial charge in [0.25, 0.3) is 0 Å². The van der Waals surface area contributed by atoms with Gasteiger partial charge in [0, 0.05) is 5.12 Å². The van der Waals surface area contributed by atoms with Crippen LogP contribution in [0.2, 0.25) is 0 Å². The van der Waals surface area contributed by atoms with Gasteiger partial charge in [-0.25, -0.2) is 4.99 Å². The van der Waals surface area contributed by atoms with E-state index in [4.69, 9.17) is 0 Å². The van der Waals surface area contributed by atoms with Crippen LogP contribution in [0.4, 0.5) is 22.1 Å². The first-order valence-electron chi connectivity index (χ1n) is 3.39. The standard InChI is InChI=1S/C5H3F5N4/c6-4-3(11-2-12-4)1-13(9)5(7,8)14(4)10/h1-2H,(H,11,12). The molecule has 9 heteroatoms. The summed E-state index contributed by atoms with van der Waals surface area (Å²) >= 11 is 0. The van der Waals surface area contributed by atoms with Crippen LogP contribution < -0.4 is 5.32 Å². The average Bonchev–Trinajstić information content (AvgIpc) is 2.46. The van der Waals surface area contributed by atoms with Crippen molar-refractivity contribution in [1.29, 1.82) is 0 Å². The first-order valence-corrected chi connectivity index (χ1v) is 3.39. The molecule has 0 fully saturated rings. The minimum absolute atomic E-state index is 0.100. The molecule has 0 amide bonds. The molecule has 0 aromatic rings. The first kappa shape index (κ1) is 9.19. The Kier molecular flexibility index (Phi) is 1.54. The largest absolute Gasteiger partial charge is 0.447 e. The number of fused-ring (bicyclic) bond motifs is 1. The van der Waals surface area contributed by atoms with Crippen LogP contribution in [0.25, 0.3) is 0 Å². The van der Waals surface area contributed by atoms with Gasteiger partial charge in [0.05, 0.1) is 12.5 Å². The number of rotatable bonds is 0. The molecule has 2 rings (SSSR count). The molecule has 0 aromatic heterocycles. The molecule has 0 spiro atoms. The van der Waals surface area contributed by atoms with Crippen LogP contribution in [0.15, 0.2) is 16.9 Å². The van der Waals surface area contributed by atoms with E-state index in [2.05, 4.69) is 4.99 Å². The van der Waals surface area contributed by atoms with Crippen molar-refractivity contribution in [1.82, 2.24) is 15.6 Å². The monoisotopic (exact) mass is 214 g/mol. The zero-order valence-corrected chi connectivity index (χ0v) is 6.39. The lowest BCUT2D eigenvalue weighted by Crippen LogP contribution is -2.58. The third-order valence-corrected chi connectivity index (χ3v) is 1.79. The topological polar surface area (TPSA) is 30.9 Å². The maximum Gasteiger partial charge on any atom is 0.447 e. The lowest BCUT2D eigenvalue weighted by molar-refractivity contribution is -0.394. The summed E-state index contributed by atoms with van der Waals surface area (Å²) in [4.78, 5) is 2.81. The van der Waals surface area contributed by atoms with Gasteiger partial charge in [-0.2, -0.15) is 13.2 Å². The van der Waals surface area contributed by atoms with Crippen LogP contribution in [-0.2, 0) is 0 Å². The Hall–Kier alpha value is -1.38. The number of nitrogens with zero attached hydrogens (tertiary/aromatic N) is 3. The number of hydrogen-bond donors (Lipinski definition) is 1. The summed E-state index contributed by atoms with van der Waals surface area (Å²) < 4.78 is 63.8. The van der Waals surface area contributed by atoms with E-state index >= 15 is 0 Å². The molecule has 1 unspecified atom stereocenters. The van der Waals surface area contributed by atoms with Crippen LogP contribution >= 0.6 is 0 Å². The highest BCUT2D eigenvalue weighted by atomic mass is 19.3. The molecule has 0 radical (unpaired) electrons. The van der Waals surface area contributed by atoms with Gasteiger partial charge >= 0.3 is 12.1 Å². The predicted molar refractivity (Wildman–Crippen MR) is 34.4 cm³/mol. The molecule has 0 saturated heterocycles. The quantitative estimate of drug-likeness (QED) is 0.371. The summed E-state index contributed by atoms with van der Waals surface area (Å²) in [7, 11) is 0. The van der Waals surface area contributed by atoms with Gasteiger partial charge < -0.3 is 5.32 Å². The highest BCUT2D eigenvalue weighted by Crippen LogP contribution is 2.43. The Morgan fingerprint density at radius 1 is 1.29 bits per heavy atom. The molecule has 0 bridgehead atoms. The van der Waals surface area contributed by atoms with Gasteiger partial charge in [-0.05, 0) is 0 Å². The number of nitrogens with one attached hydrogen (secondary N) is 1. The van der Waals surface area contributed by atoms with Crippen molar-refractivity contribution in [2.75, 3.05) is 0 Å². The molecule has 1 atom stereocenters. The zero-order valence-electron chi connectivity index (χ0n) is 6.39. The van der Waals surface area contributed by atoms with E-state index < -0.39 is 28.0 Å². The third kappa shape index (κ3) is 0.870. The van der Waals surface area contributed by atoms with Gasteiger partial charge in [0.2, 0.25) is 0 Å².